The van der Waals surface area contributed by atoms with Crippen LogP contribution in [0.4, 0.5) is 0 Å². The van der Waals surface area contributed by atoms with Crippen LogP contribution in [0, 0.1) is 35.5 Å². The third kappa shape index (κ3) is 1.16. The highest BCUT2D eigenvalue weighted by Gasteiger charge is 2.60. The van der Waals surface area contributed by atoms with Gasteiger partial charge in [-0.3, -0.25) is 9.59 Å². The summed E-state index contributed by atoms with van der Waals surface area (Å²) in [5.41, 5.74) is 0. The molecule has 0 heterocycles. The molecular formula is C12H16O4. The fourth-order valence-corrected chi connectivity index (χ4v) is 4.69. The minimum Gasteiger partial charge on any atom is -0.481 e. The summed E-state index contributed by atoms with van der Waals surface area (Å²) in [6, 6.07) is 0. The Bertz CT molecular complexity index is 319. The number of hydrogen-bond acceptors (Lipinski definition) is 2. The summed E-state index contributed by atoms with van der Waals surface area (Å²) in [7, 11) is 0. The van der Waals surface area contributed by atoms with Crippen molar-refractivity contribution in [3.8, 4) is 0 Å². The molecule has 0 spiro atoms. The van der Waals surface area contributed by atoms with Gasteiger partial charge in [0.15, 0.2) is 0 Å². The smallest absolute Gasteiger partial charge is 0.306 e. The number of carboxylic acids is 2. The lowest BCUT2D eigenvalue weighted by Crippen LogP contribution is -2.29. The molecule has 3 saturated carbocycles. The van der Waals surface area contributed by atoms with Crippen LogP contribution in [0.3, 0.4) is 0 Å². The predicted molar refractivity (Wildman–Crippen MR) is 54.7 cm³/mol. The second kappa shape index (κ2) is 3.22. The lowest BCUT2D eigenvalue weighted by atomic mass is 9.76. The van der Waals surface area contributed by atoms with Gasteiger partial charge in [0.05, 0.1) is 11.8 Å². The van der Waals surface area contributed by atoms with Gasteiger partial charge in [0.1, 0.15) is 0 Å². The molecule has 6 atom stereocenters. The van der Waals surface area contributed by atoms with Gasteiger partial charge in [-0.2, -0.15) is 0 Å². The highest BCUT2D eigenvalue weighted by molar-refractivity contribution is 5.76. The Hall–Kier alpha value is -1.06. The Balaban J connectivity index is 1.93. The Morgan fingerprint density at radius 2 is 1.25 bits per heavy atom. The zero-order valence-electron chi connectivity index (χ0n) is 9.00. The fourth-order valence-electron chi connectivity index (χ4n) is 4.69. The van der Waals surface area contributed by atoms with Gasteiger partial charge in [-0.1, -0.05) is 0 Å². The molecule has 3 rings (SSSR count). The van der Waals surface area contributed by atoms with Crippen molar-refractivity contribution in [1.82, 2.24) is 0 Å². The SMILES string of the molecule is O=C(O)C1CC(C(=O)O)C2C3CCC(C3)C12. The van der Waals surface area contributed by atoms with Gasteiger partial charge in [0.2, 0.25) is 0 Å². The second-order valence-electron chi connectivity index (χ2n) is 5.61. The quantitative estimate of drug-likeness (QED) is 0.744. The molecule has 2 bridgehead atoms. The zero-order chi connectivity index (χ0) is 11.4. The Morgan fingerprint density at radius 1 is 0.812 bits per heavy atom. The molecule has 0 aromatic heterocycles. The predicted octanol–water partition coefficient (Wildman–Crippen LogP) is 1.45. The van der Waals surface area contributed by atoms with Crippen molar-refractivity contribution in [1.29, 1.82) is 0 Å². The molecule has 88 valence electrons. The maximum absolute atomic E-state index is 11.2. The second-order valence-corrected chi connectivity index (χ2v) is 5.61. The molecule has 0 aromatic rings. The molecule has 4 nitrogen and oxygen atoms in total. The molecule has 2 N–H and O–H groups in total. The van der Waals surface area contributed by atoms with Gasteiger partial charge in [-0.25, -0.2) is 0 Å². The summed E-state index contributed by atoms with van der Waals surface area (Å²) in [4.78, 5) is 22.4. The van der Waals surface area contributed by atoms with E-state index in [4.69, 9.17) is 0 Å². The first kappa shape index (κ1) is 10.1. The van der Waals surface area contributed by atoms with Gasteiger partial charge in [-0.05, 0) is 49.4 Å². The largest absolute Gasteiger partial charge is 0.481 e. The van der Waals surface area contributed by atoms with Gasteiger partial charge < -0.3 is 10.2 Å². The first-order chi connectivity index (χ1) is 7.59. The van der Waals surface area contributed by atoms with E-state index in [1.165, 1.54) is 0 Å². The molecule has 3 aliphatic carbocycles. The lowest BCUT2D eigenvalue weighted by Gasteiger charge is -2.28. The van der Waals surface area contributed by atoms with Gasteiger partial charge in [0, 0.05) is 0 Å². The van der Waals surface area contributed by atoms with Crippen molar-refractivity contribution in [2.24, 2.45) is 35.5 Å². The van der Waals surface area contributed by atoms with Crippen LogP contribution in [0.25, 0.3) is 0 Å². The Morgan fingerprint density at radius 3 is 1.62 bits per heavy atom. The Kier molecular flexibility index (Phi) is 2.03. The number of carbonyl (C=O) groups is 2. The Labute approximate surface area is 93.6 Å². The summed E-state index contributed by atoms with van der Waals surface area (Å²) in [5.74, 6) is -1.10. The van der Waals surface area contributed by atoms with E-state index in [9.17, 15) is 19.8 Å². The molecule has 4 heteroatoms. The van der Waals surface area contributed by atoms with Crippen LogP contribution in [-0.2, 0) is 9.59 Å². The topological polar surface area (TPSA) is 74.6 Å². The van der Waals surface area contributed by atoms with Crippen LogP contribution >= 0.6 is 0 Å². The zero-order valence-corrected chi connectivity index (χ0v) is 9.00. The van der Waals surface area contributed by atoms with Crippen molar-refractivity contribution in [2.45, 2.75) is 25.7 Å². The number of hydrogen-bond donors (Lipinski definition) is 2. The fraction of sp³-hybridized carbons (Fsp3) is 0.833. The molecule has 3 fully saturated rings. The van der Waals surface area contributed by atoms with E-state index in [1.807, 2.05) is 0 Å². The minimum atomic E-state index is -0.786. The highest BCUT2D eigenvalue weighted by Crippen LogP contribution is 2.62. The maximum Gasteiger partial charge on any atom is 0.306 e. The number of rotatable bonds is 2. The van der Waals surface area contributed by atoms with E-state index in [2.05, 4.69) is 0 Å². The maximum atomic E-state index is 11.2. The van der Waals surface area contributed by atoms with Crippen molar-refractivity contribution in [2.75, 3.05) is 0 Å². The van der Waals surface area contributed by atoms with Crippen LogP contribution in [0.1, 0.15) is 25.7 Å². The molecule has 16 heavy (non-hydrogen) atoms. The lowest BCUT2D eigenvalue weighted by molar-refractivity contribution is -0.144. The molecular weight excluding hydrogens is 208 g/mol. The number of fused-ring (bicyclic) bond motifs is 5. The van der Waals surface area contributed by atoms with Gasteiger partial charge in [-0.15, -0.1) is 0 Å². The summed E-state index contributed by atoms with van der Waals surface area (Å²) in [6.45, 7) is 0. The standard InChI is InChI=1S/C12H16O4/c13-11(14)7-4-8(12(15)16)10-6-2-1-5(3-6)9(7)10/h5-10H,1-4H2,(H,13,14)(H,15,16). The van der Waals surface area contributed by atoms with E-state index >= 15 is 0 Å². The molecule has 0 radical (unpaired) electrons. The summed E-state index contributed by atoms with van der Waals surface area (Å²) in [6.07, 6.45) is 3.65. The van der Waals surface area contributed by atoms with Crippen molar-refractivity contribution in [3.63, 3.8) is 0 Å². The van der Waals surface area contributed by atoms with E-state index < -0.39 is 23.8 Å². The molecule has 3 aliphatic rings. The normalized spacial score (nSPS) is 49.2. The van der Waals surface area contributed by atoms with Crippen LogP contribution in [0.5, 0.6) is 0 Å². The van der Waals surface area contributed by atoms with E-state index in [1.54, 1.807) is 0 Å². The molecule has 0 aliphatic heterocycles. The average molecular weight is 224 g/mol. The monoisotopic (exact) mass is 224 g/mol. The van der Waals surface area contributed by atoms with Gasteiger partial charge in [0.25, 0.3) is 0 Å². The average Bonchev–Trinajstić information content (AvgIpc) is 2.88. The van der Waals surface area contributed by atoms with E-state index in [0.717, 1.165) is 19.3 Å². The van der Waals surface area contributed by atoms with Crippen LogP contribution < -0.4 is 0 Å². The number of aliphatic carboxylic acids is 2. The third-order valence-corrected chi connectivity index (χ3v) is 5.12. The first-order valence-electron chi connectivity index (χ1n) is 6.05. The number of carboxylic acid groups (broad SMARTS) is 2. The summed E-state index contributed by atoms with van der Waals surface area (Å²) < 4.78 is 0. The van der Waals surface area contributed by atoms with E-state index in [-0.39, 0.29) is 11.8 Å². The van der Waals surface area contributed by atoms with Crippen molar-refractivity contribution < 1.29 is 19.8 Å². The third-order valence-electron chi connectivity index (χ3n) is 5.12. The molecule has 6 unspecified atom stereocenters. The molecule has 0 saturated heterocycles. The van der Waals surface area contributed by atoms with Crippen LogP contribution in [0.2, 0.25) is 0 Å². The molecule has 0 amide bonds. The summed E-state index contributed by atoms with van der Waals surface area (Å²) in [5, 5.41) is 18.4. The highest BCUT2D eigenvalue weighted by atomic mass is 16.4. The van der Waals surface area contributed by atoms with Gasteiger partial charge >= 0.3 is 11.9 Å². The summed E-state index contributed by atoms with van der Waals surface area (Å²) >= 11 is 0. The van der Waals surface area contributed by atoms with E-state index in [0.29, 0.717) is 18.3 Å². The van der Waals surface area contributed by atoms with Crippen molar-refractivity contribution >= 4 is 11.9 Å². The van der Waals surface area contributed by atoms with Crippen molar-refractivity contribution in [3.05, 3.63) is 0 Å². The van der Waals surface area contributed by atoms with Crippen LogP contribution in [0.15, 0.2) is 0 Å². The van der Waals surface area contributed by atoms with Crippen LogP contribution in [-0.4, -0.2) is 22.2 Å². The minimum absolute atomic E-state index is 0.150. The molecule has 0 aromatic carbocycles. The first-order valence-corrected chi connectivity index (χ1v) is 6.05.